The number of rotatable bonds is 6. The first kappa shape index (κ1) is 26.1. The minimum atomic E-state index is -4.70. The molecule has 39 heavy (non-hydrogen) atoms. The average Bonchev–Trinajstić information content (AvgIpc) is 2.98. The summed E-state index contributed by atoms with van der Waals surface area (Å²) in [5.41, 5.74) is 6.73. The van der Waals surface area contributed by atoms with Crippen LogP contribution in [0.1, 0.15) is 11.1 Å². The molecular weight excluding hydrogens is 504 g/mol. The summed E-state index contributed by atoms with van der Waals surface area (Å²) < 4.78 is 38.8. The maximum absolute atomic E-state index is 12.2. The molecule has 5 nitrogen and oxygen atoms in total. The first-order valence-corrected chi connectivity index (χ1v) is 13.9. The van der Waals surface area contributed by atoms with E-state index >= 15 is 0 Å². The van der Waals surface area contributed by atoms with Gasteiger partial charge in [-0.05, 0) is 59.2 Å². The molecule has 0 bridgehead atoms. The van der Waals surface area contributed by atoms with Gasteiger partial charge in [0.15, 0.2) is 0 Å². The molecule has 4 aromatic carbocycles. The van der Waals surface area contributed by atoms with Crippen LogP contribution in [0.3, 0.4) is 0 Å². The van der Waals surface area contributed by atoms with E-state index in [9.17, 15) is 13.0 Å². The first-order valence-electron chi connectivity index (χ1n) is 12.5. The minimum Gasteiger partial charge on any atom is -0.744 e. The molecule has 194 valence electrons. The van der Waals surface area contributed by atoms with E-state index in [-0.39, 0.29) is 4.90 Å². The molecule has 5 rings (SSSR count). The van der Waals surface area contributed by atoms with Crippen molar-refractivity contribution in [2.24, 2.45) is 0 Å². The number of allylic oxidation sites excluding steroid dienone is 5. The Labute approximate surface area is 229 Å². The molecule has 6 heteroatoms. The number of anilines is 2. The van der Waals surface area contributed by atoms with Crippen LogP contribution >= 0.6 is 0 Å². The molecule has 0 saturated heterocycles. The van der Waals surface area contributed by atoms with Gasteiger partial charge in [-0.25, -0.2) is 8.42 Å². The molecule has 1 aliphatic rings. The SMILES string of the molecule is CN(c1ccccc1)c1ccc(C(=C2C=CC(=[N+](C)c3ccccc3)C=C2)c2ccccc2S(=O)(=O)[O-])cc1. The summed E-state index contributed by atoms with van der Waals surface area (Å²) in [6, 6.07) is 34.4. The van der Waals surface area contributed by atoms with Crippen molar-refractivity contribution in [3.63, 3.8) is 0 Å². The smallest absolute Gasteiger partial charge is 0.205 e. The monoisotopic (exact) mass is 532 g/mol. The number of hydrogen-bond donors (Lipinski definition) is 0. The molecule has 0 atom stereocenters. The summed E-state index contributed by atoms with van der Waals surface area (Å²) in [5.74, 6) is 0. The zero-order valence-electron chi connectivity index (χ0n) is 21.7. The number of benzene rings is 4. The number of nitrogens with zero attached hydrogens (tertiary/aromatic N) is 2. The first-order chi connectivity index (χ1) is 18.8. The van der Waals surface area contributed by atoms with Crippen molar-refractivity contribution in [1.29, 1.82) is 0 Å². The quantitative estimate of drug-likeness (QED) is 0.205. The molecular formula is C33H28N2O3S. The second kappa shape index (κ2) is 11.1. The van der Waals surface area contributed by atoms with E-state index in [1.165, 1.54) is 6.07 Å². The zero-order chi connectivity index (χ0) is 27.4. The molecule has 0 fully saturated rings. The summed E-state index contributed by atoms with van der Waals surface area (Å²) in [7, 11) is -0.705. The maximum Gasteiger partial charge on any atom is 0.205 e. The second-order valence-corrected chi connectivity index (χ2v) is 10.6. The van der Waals surface area contributed by atoms with Gasteiger partial charge in [-0.15, -0.1) is 0 Å². The topological polar surface area (TPSA) is 63.5 Å². The van der Waals surface area contributed by atoms with Crippen LogP contribution in [0.15, 0.2) is 144 Å². The molecule has 0 aromatic heterocycles. The largest absolute Gasteiger partial charge is 0.744 e. The van der Waals surface area contributed by atoms with Gasteiger partial charge in [0.05, 0.1) is 4.90 Å². The Balaban J connectivity index is 1.62. The van der Waals surface area contributed by atoms with Crippen molar-refractivity contribution in [3.05, 3.63) is 150 Å². The third-order valence-electron chi connectivity index (χ3n) is 6.80. The Kier molecular flexibility index (Phi) is 7.41. The predicted molar refractivity (Wildman–Crippen MR) is 157 cm³/mol. The van der Waals surface area contributed by atoms with E-state index in [2.05, 4.69) is 9.48 Å². The molecule has 1 aliphatic carbocycles. The Bertz CT molecular complexity index is 1700. The average molecular weight is 533 g/mol. The predicted octanol–water partition coefficient (Wildman–Crippen LogP) is 6.70. The van der Waals surface area contributed by atoms with Crippen molar-refractivity contribution in [1.82, 2.24) is 0 Å². The van der Waals surface area contributed by atoms with Gasteiger partial charge in [0, 0.05) is 48.3 Å². The molecule has 0 spiro atoms. The summed E-state index contributed by atoms with van der Waals surface area (Å²) in [5, 5.41) is 0. The second-order valence-electron chi connectivity index (χ2n) is 9.21. The Morgan fingerprint density at radius 1 is 0.692 bits per heavy atom. The number of hydrogen-bond acceptors (Lipinski definition) is 4. The van der Waals surface area contributed by atoms with Crippen LogP contribution in [-0.2, 0) is 10.1 Å². The van der Waals surface area contributed by atoms with Crippen LogP contribution in [0.2, 0.25) is 0 Å². The fourth-order valence-corrected chi connectivity index (χ4v) is 5.36. The van der Waals surface area contributed by atoms with Crippen LogP contribution in [0.4, 0.5) is 17.1 Å². The summed E-state index contributed by atoms with van der Waals surface area (Å²) >= 11 is 0. The van der Waals surface area contributed by atoms with Gasteiger partial charge in [-0.3, -0.25) is 0 Å². The Hall–Kier alpha value is -4.52. The van der Waals surface area contributed by atoms with E-state index in [1.54, 1.807) is 18.2 Å². The van der Waals surface area contributed by atoms with Crippen LogP contribution in [0.25, 0.3) is 5.57 Å². The van der Waals surface area contributed by atoms with Crippen LogP contribution < -0.4 is 4.90 Å². The highest BCUT2D eigenvalue weighted by Crippen LogP contribution is 2.35. The fraction of sp³-hybridized carbons (Fsp3) is 0.0606. The zero-order valence-corrected chi connectivity index (χ0v) is 22.5. The van der Waals surface area contributed by atoms with E-state index in [0.29, 0.717) is 11.1 Å². The van der Waals surface area contributed by atoms with E-state index in [0.717, 1.165) is 33.9 Å². The molecule has 0 heterocycles. The van der Waals surface area contributed by atoms with E-state index in [4.69, 9.17) is 0 Å². The van der Waals surface area contributed by atoms with Gasteiger partial charge in [-0.2, -0.15) is 4.58 Å². The van der Waals surface area contributed by atoms with Gasteiger partial charge in [0.2, 0.25) is 11.4 Å². The molecule has 0 aliphatic heterocycles. The van der Waals surface area contributed by atoms with E-state index in [1.807, 2.05) is 123 Å². The Morgan fingerprint density at radius 2 is 1.23 bits per heavy atom. The highest BCUT2D eigenvalue weighted by Gasteiger charge is 2.19. The maximum atomic E-state index is 12.2. The molecule has 4 aromatic rings. The van der Waals surface area contributed by atoms with Crippen molar-refractivity contribution in [2.45, 2.75) is 4.90 Å². The van der Waals surface area contributed by atoms with Crippen LogP contribution in [0.5, 0.6) is 0 Å². The Morgan fingerprint density at radius 3 is 1.85 bits per heavy atom. The van der Waals surface area contributed by atoms with E-state index < -0.39 is 10.1 Å². The molecule has 0 unspecified atom stereocenters. The highest BCUT2D eigenvalue weighted by atomic mass is 32.2. The van der Waals surface area contributed by atoms with Crippen molar-refractivity contribution in [2.75, 3.05) is 19.0 Å². The number of para-hydroxylation sites is 2. The lowest BCUT2D eigenvalue weighted by atomic mass is 9.90. The summed E-state index contributed by atoms with van der Waals surface area (Å²) in [6.07, 6.45) is 7.91. The van der Waals surface area contributed by atoms with Gasteiger partial charge < -0.3 is 9.45 Å². The molecule has 0 saturated carbocycles. The van der Waals surface area contributed by atoms with Crippen molar-refractivity contribution >= 4 is 38.5 Å². The third kappa shape index (κ3) is 5.67. The normalized spacial score (nSPS) is 12.9. The van der Waals surface area contributed by atoms with Crippen molar-refractivity contribution < 1.29 is 17.5 Å². The molecule has 0 N–H and O–H groups in total. The van der Waals surface area contributed by atoms with Gasteiger partial charge >= 0.3 is 0 Å². The summed E-state index contributed by atoms with van der Waals surface area (Å²) in [6.45, 7) is 0. The van der Waals surface area contributed by atoms with Gasteiger partial charge in [0.1, 0.15) is 17.2 Å². The lowest BCUT2D eigenvalue weighted by Crippen LogP contribution is -2.11. The molecule has 0 amide bonds. The summed E-state index contributed by atoms with van der Waals surface area (Å²) in [4.78, 5) is 1.84. The lowest BCUT2D eigenvalue weighted by Gasteiger charge is -2.21. The standard InChI is InChI=1S/C33H28N2O3S/c1-34(27-11-5-3-6-12-27)29-21-17-25(18-22-29)33(31-15-9-10-16-32(31)39(36,37)38)26-19-23-30(24-20-26)35(2)28-13-7-4-8-14-28/h3-24H,1-2H3. The minimum absolute atomic E-state index is 0.240. The third-order valence-corrected chi connectivity index (χ3v) is 7.69. The fourth-order valence-electron chi connectivity index (χ4n) is 4.67. The highest BCUT2D eigenvalue weighted by molar-refractivity contribution is 7.85. The van der Waals surface area contributed by atoms with Gasteiger partial charge in [-0.1, -0.05) is 66.7 Å². The van der Waals surface area contributed by atoms with Crippen LogP contribution in [0, 0.1) is 0 Å². The van der Waals surface area contributed by atoms with Crippen molar-refractivity contribution in [3.8, 4) is 0 Å². The lowest BCUT2D eigenvalue weighted by molar-refractivity contribution is -0.403. The van der Waals surface area contributed by atoms with Gasteiger partial charge in [0.25, 0.3) is 0 Å². The molecule has 0 radical (unpaired) electrons. The van der Waals surface area contributed by atoms with Crippen LogP contribution in [-0.4, -0.2) is 37.4 Å².